The highest BCUT2D eigenvalue weighted by Crippen LogP contribution is 2.27. The number of nitrogen functional groups attached to an aromatic ring is 1. The lowest BCUT2D eigenvalue weighted by molar-refractivity contribution is 0.238. The number of nitrogens with zero attached hydrogens (tertiary/aromatic N) is 2. The van der Waals surface area contributed by atoms with Crippen LogP contribution in [0.1, 0.15) is 6.42 Å². The van der Waals surface area contributed by atoms with Crippen molar-refractivity contribution in [3.05, 3.63) is 17.3 Å². The van der Waals surface area contributed by atoms with Crippen LogP contribution in [0, 0.1) is 5.92 Å². The minimum absolute atomic E-state index is 0.219. The molecule has 5 heteroatoms. The van der Waals surface area contributed by atoms with Gasteiger partial charge in [0.1, 0.15) is 5.15 Å². The molecule has 3 N–H and O–H groups in total. The Labute approximate surface area is 93.7 Å². The maximum atomic E-state index is 9.05. The molecule has 0 aliphatic carbocycles. The van der Waals surface area contributed by atoms with Crippen molar-refractivity contribution in [1.82, 2.24) is 4.98 Å². The van der Waals surface area contributed by atoms with Crippen LogP contribution in [0.3, 0.4) is 0 Å². The van der Waals surface area contributed by atoms with Crippen molar-refractivity contribution in [2.45, 2.75) is 6.42 Å². The van der Waals surface area contributed by atoms with E-state index in [0.29, 0.717) is 16.8 Å². The summed E-state index contributed by atoms with van der Waals surface area (Å²) in [7, 11) is 0. The smallest absolute Gasteiger partial charge is 0.153 e. The number of anilines is 2. The highest BCUT2D eigenvalue weighted by Gasteiger charge is 2.24. The second-order valence-corrected chi connectivity index (χ2v) is 4.22. The van der Waals surface area contributed by atoms with E-state index in [2.05, 4.69) is 9.88 Å². The number of aromatic nitrogens is 1. The second kappa shape index (κ2) is 4.24. The van der Waals surface area contributed by atoms with Gasteiger partial charge >= 0.3 is 0 Å². The van der Waals surface area contributed by atoms with Gasteiger partial charge < -0.3 is 15.7 Å². The van der Waals surface area contributed by atoms with Crippen molar-refractivity contribution in [3.8, 4) is 0 Å². The summed E-state index contributed by atoms with van der Waals surface area (Å²) in [4.78, 5) is 6.28. The highest BCUT2D eigenvalue weighted by atomic mass is 35.5. The fourth-order valence-corrected chi connectivity index (χ4v) is 2.01. The van der Waals surface area contributed by atoms with Gasteiger partial charge in [-0.3, -0.25) is 0 Å². The normalized spacial score (nSPS) is 20.9. The van der Waals surface area contributed by atoms with E-state index in [1.165, 1.54) is 0 Å². The fourth-order valence-electron chi connectivity index (χ4n) is 1.86. The Bertz CT molecular complexity index is 359. The SMILES string of the molecule is Nc1ccc(Cl)nc1N1CCC(CO)C1. The number of aliphatic hydroxyl groups excluding tert-OH is 1. The van der Waals surface area contributed by atoms with Gasteiger partial charge in [0.05, 0.1) is 5.69 Å². The van der Waals surface area contributed by atoms with Gasteiger partial charge in [-0.1, -0.05) is 11.6 Å². The molecule has 1 aromatic rings. The van der Waals surface area contributed by atoms with Crippen LogP contribution in [-0.4, -0.2) is 29.8 Å². The van der Waals surface area contributed by atoms with E-state index >= 15 is 0 Å². The third kappa shape index (κ3) is 2.16. The molecule has 1 aromatic heterocycles. The number of hydrogen-bond acceptors (Lipinski definition) is 4. The van der Waals surface area contributed by atoms with Crippen molar-refractivity contribution < 1.29 is 5.11 Å². The minimum Gasteiger partial charge on any atom is -0.396 e. The topological polar surface area (TPSA) is 62.4 Å². The third-order valence-electron chi connectivity index (χ3n) is 2.71. The highest BCUT2D eigenvalue weighted by molar-refractivity contribution is 6.29. The molecule has 2 heterocycles. The van der Waals surface area contributed by atoms with Crippen molar-refractivity contribution >= 4 is 23.1 Å². The van der Waals surface area contributed by atoms with Gasteiger partial charge in [-0.15, -0.1) is 0 Å². The molecule has 1 saturated heterocycles. The zero-order chi connectivity index (χ0) is 10.8. The van der Waals surface area contributed by atoms with E-state index in [-0.39, 0.29) is 6.61 Å². The van der Waals surface area contributed by atoms with Crippen LogP contribution < -0.4 is 10.6 Å². The van der Waals surface area contributed by atoms with Gasteiger partial charge in [-0.2, -0.15) is 0 Å². The van der Waals surface area contributed by atoms with Crippen molar-refractivity contribution in [1.29, 1.82) is 0 Å². The molecule has 1 fully saturated rings. The van der Waals surface area contributed by atoms with Crippen LogP contribution in [0.2, 0.25) is 5.15 Å². The van der Waals surface area contributed by atoms with E-state index in [0.717, 1.165) is 25.3 Å². The van der Waals surface area contributed by atoms with E-state index in [1.807, 2.05) is 0 Å². The summed E-state index contributed by atoms with van der Waals surface area (Å²) in [5, 5.41) is 9.50. The van der Waals surface area contributed by atoms with Gasteiger partial charge in [0.15, 0.2) is 5.82 Å². The Hall–Kier alpha value is -1.00. The van der Waals surface area contributed by atoms with E-state index in [1.54, 1.807) is 12.1 Å². The Morgan fingerprint density at radius 1 is 1.60 bits per heavy atom. The summed E-state index contributed by atoms with van der Waals surface area (Å²) in [6.45, 7) is 1.90. The zero-order valence-electron chi connectivity index (χ0n) is 8.36. The predicted octanol–water partition coefficient (Wildman–Crippen LogP) is 1.14. The fraction of sp³-hybridized carbons (Fsp3) is 0.500. The first kappa shape index (κ1) is 10.5. The summed E-state index contributed by atoms with van der Waals surface area (Å²) in [6, 6.07) is 3.44. The summed E-state index contributed by atoms with van der Waals surface area (Å²) in [6.07, 6.45) is 0.976. The summed E-state index contributed by atoms with van der Waals surface area (Å²) in [5.41, 5.74) is 6.47. The molecule has 0 bridgehead atoms. The van der Waals surface area contributed by atoms with Gasteiger partial charge in [0.2, 0.25) is 0 Å². The molecule has 4 nitrogen and oxygen atoms in total. The molecule has 1 atom stereocenters. The van der Waals surface area contributed by atoms with Crippen LogP contribution in [-0.2, 0) is 0 Å². The number of hydrogen-bond donors (Lipinski definition) is 2. The number of nitrogens with two attached hydrogens (primary N) is 1. The van der Waals surface area contributed by atoms with Gasteiger partial charge in [0, 0.05) is 25.6 Å². The molecule has 0 spiro atoms. The average molecular weight is 228 g/mol. The number of pyridine rings is 1. The van der Waals surface area contributed by atoms with Gasteiger partial charge in [0.25, 0.3) is 0 Å². The number of rotatable bonds is 2. The molecular formula is C10H14ClN3O. The Kier molecular flexibility index (Phi) is 2.98. The molecule has 0 radical (unpaired) electrons. The third-order valence-corrected chi connectivity index (χ3v) is 2.93. The molecule has 1 unspecified atom stereocenters. The second-order valence-electron chi connectivity index (χ2n) is 3.83. The van der Waals surface area contributed by atoms with Crippen LogP contribution in [0.15, 0.2) is 12.1 Å². The molecule has 2 rings (SSSR count). The Balaban J connectivity index is 2.19. The quantitative estimate of drug-likeness (QED) is 0.744. The average Bonchev–Trinajstić information content (AvgIpc) is 2.70. The first-order valence-corrected chi connectivity index (χ1v) is 5.36. The van der Waals surface area contributed by atoms with E-state index in [4.69, 9.17) is 22.4 Å². The molecule has 0 aromatic carbocycles. The monoisotopic (exact) mass is 227 g/mol. The number of halogens is 1. The zero-order valence-corrected chi connectivity index (χ0v) is 9.11. The maximum absolute atomic E-state index is 9.05. The molecular weight excluding hydrogens is 214 g/mol. The van der Waals surface area contributed by atoms with E-state index < -0.39 is 0 Å². The Morgan fingerprint density at radius 3 is 3.07 bits per heavy atom. The van der Waals surface area contributed by atoms with E-state index in [9.17, 15) is 0 Å². The molecule has 0 saturated carbocycles. The lowest BCUT2D eigenvalue weighted by Crippen LogP contribution is -2.22. The lowest BCUT2D eigenvalue weighted by atomic mass is 10.1. The first-order valence-electron chi connectivity index (χ1n) is 4.98. The Morgan fingerprint density at radius 2 is 2.40 bits per heavy atom. The van der Waals surface area contributed by atoms with Crippen LogP contribution in [0.5, 0.6) is 0 Å². The van der Waals surface area contributed by atoms with Crippen LogP contribution in [0.4, 0.5) is 11.5 Å². The summed E-state index contributed by atoms with van der Waals surface area (Å²) in [5.74, 6) is 1.06. The lowest BCUT2D eigenvalue weighted by Gasteiger charge is -2.18. The van der Waals surface area contributed by atoms with Crippen molar-refractivity contribution in [3.63, 3.8) is 0 Å². The number of aliphatic hydroxyl groups is 1. The maximum Gasteiger partial charge on any atom is 0.153 e. The first-order chi connectivity index (χ1) is 7.20. The summed E-state index contributed by atoms with van der Waals surface area (Å²) >= 11 is 5.82. The molecule has 0 amide bonds. The standard InChI is InChI=1S/C10H14ClN3O/c11-9-2-1-8(12)10(13-9)14-4-3-7(5-14)6-15/h1-2,7,15H,3-6,12H2. The van der Waals surface area contributed by atoms with Crippen LogP contribution in [0.25, 0.3) is 0 Å². The van der Waals surface area contributed by atoms with Crippen LogP contribution >= 0.6 is 11.6 Å². The molecule has 82 valence electrons. The van der Waals surface area contributed by atoms with Gasteiger partial charge in [-0.25, -0.2) is 4.98 Å². The largest absolute Gasteiger partial charge is 0.396 e. The molecule has 1 aliphatic heterocycles. The molecule has 1 aliphatic rings. The minimum atomic E-state index is 0.219. The summed E-state index contributed by atoms with van der Waals surface area (Å²) < 4.78 is 0. The molecule has 15 heavy (non-hydrogen) atoms. The van der Waals surface area contributed by atoms with Crippen molar-refractivity contribution in [2.75, 3.05) is 30.3 Å². The van der Waals surface area contributed by atoms with Gasteiger partial charge in [-0.05, 0) is 18.6 Å². The predicted molar refractivity (Wildman–Crippen MR) is 61.1 cm³/mol. The van der Waals surface area contributed by atoms with Crippen molar-refractivity contribution in [2.24, 2.45) is 5.92 Å².